The maximum Gasteiger partial charge on any atom is 0.0551 e. The number of aryl methyl sites for hydroxylation is 1. The molecule has 4 rings (SSSR count). The van der Waals surface area contributed by atoms with E-state index in [0.717, 1.165) is 0 Å². The highest BCUT2D eigenvalue weighted by molar-refractivity contribution is 6.58. The molecule has 1 radical (unpaired) electrons. The van der Waals surface area contributed by atoms with Crippen LogP contribution in [0.1, 0.15) is 67.5 Å². The second kappa shape index (κ2) is 6.23. The minimum Gasteiger partial charge on any atom is -0.0705 e. The molecular formula is C25H31Si. The lowest BCUT2D eigenvalue weighted by Crippen LogP contribution is -2.15. The molecule has 0 spiro atoms. The van der Waals surface area contributed by atoms with Crippen molar-refractivity contribution in [3.63, 3.8) is 0 Å². The van der Waals surface area contributed by atoms with Crippen LogP contribution in [0.5, 0.6) is 0 Å². The van der Waals surface area contributed by atoms with E-state index in [2.05, 4.69) is 77.2 Å². The Bertz CT molecular complexity index is 876. The van der Waals surface area contributed by atoms with E-state index < -0.39 is 0 Å². The molecule has 0 N–H and O–H groups in total. The Morgan fingerprint density at radius 2 is 1.69 bits per heavy atom. The van der Waals surface area contributed by atoms with Crippen molar-refractivity contribution >= 4 is 14.9 Å². The van der Waals surface area contributed by atoms with Crippen LogP contribution < -0.4 is 0 Å². The summed E-state index contributed by atoms with van der Waals surface area (Å²) >= 11 is 0. The van der Waals surface area contributed by atoms with Crippen molar-refractivity contribution in [1.82, 2.24) is 0 Å². The zero-order chi connectivity index (χ0) is 18.6. The van der Waals surface area contributed by atoms with Crippen molar-refractivity contribution in [2.75, 3.05) is 0 Å². The van der Waals surface area contributed by atoms with Crippen molar-refractivity contribution < 1.29 is 0 Å². The smallest absolute Gasteiger partial charge is 0.0551 e. The molecule has 1 atom stereocenters. The van der Waals surface area contributed by atoms with Crippen molar-refractivity contribution in [3.05, 3.63) is 63.7 Å². The van der Waals surface area contributed by atoms with Crippen LogP contribution in [0.15, 0.2) is 35.9 Å². The predicted octanol–water partition coefficient (Wildman–Crippen LogP) is 6.93. The third kappa shape index (κ3) is 2.81. The maximum absolute atomic E-state index is 2.57. The molecule has 0 aliphatic heterocycles. The summed E-state index contributed by atoms with van der Waals surface area (Å²) in [7, 11) is -0.381. The van der Waals surface area contributed by atoms with Gasteiger partial charge in [0, 0.05) is 0 Å². The van der Waals surface area contributed by atoms with Gasteiger partial charge in [-0.05, 0) is 76.1 Å². The Morgan fingerprint density at radius 1 is 1.00 bits per heavy atom. The zero-order valence-electron chi connectivity index (χ0n) is 17.2. The summed E-state index contributed by atoms with van der Waals surface area (Å²) in [4.78, 5) is 0. The summed E-state index contributed by atoms with van der Waals surface area (Å²) < 4.78 is 0. The van der Waals surface area contributed by atoms with E-state index >= 15 is 0 Å². The van der Waals surface area contributed by atoms with Gasteiger partial charge < -0.3 is 0 Å². The molecule has 0 amide bonds. The summed E-state index contributed by atoms with van der Waals surface area (Å²) in [6.45, 7) is 14.2. The van der Waals surface area contributed by atoms with Gasteiger partial charge in [0.25, 0.3) is 0 Å². The average Bonchev–Trinajstić information content (AvgIpc) is 3.14. The largest absolute Gasteiger partial charge is 0.0705 e. The fourth-order valence-electron chi connectivity index (χ4n) is 4.97. The fraction of sp³-hybridized carbons (Fsp3) is 0.440. The lowest BCUT2D eigenvalue weighted by molar-refractivity contribution is 0.590. The SMILES string of the molecule is CC1=Cc2c(cc3c(c2-c2ccc(C(C)(C)C)cc2)CCC3)C1[Si](C)C. The van der Waals surface area contributed by atoms with Crippen LogP contribution >= 0.6 is 0 Å². The van der Waals surface area contributed by atoms with Crippen LogP contribution in [-0.2, 0) is 18.3 Å². The summed E-state index contributed by atoms with van der Waals surface area (Å²) in [5.41, 5.74) is 13.3. The molecule has 2 aromatic carbocycles. The van der Waals surface area contributed by atoms with Crippen LogP contribution in [0, 0.1) is 0 Å². The van der Waals surface area contributed by atoms with Crippen LogP contribution in [0.25, 0.3) is 17.2 Å². The molecule has 0 bridgehead atoms. The minimum atomic E-state index is -0.381. The molecule has 2 aliphatic rings. The van der Waals surface area contributed by atoms with Crippen LogP contribution in [0.2, 0.25) is 13.1 Å². The first-order valence-corrected chi connectivity index (χ1v) is 12.6. The number of allylic oxidation sites excluding steroid dienone is 1. The van der Waals surface area contributed by atoms with Gasteiger partial charge in [0.2, 0.25) is 0 Å². The molecule has 1 heteroatoms. The Balaban J connectivity index is 1.91. The van der Waals surface area contributed by atoms with Gasteiger partial charge in [-0.1, -0.05) is 75.8 Å². The van der Waals surface area contributed by atoms with E-state index in [-0.39, 0.29) is 14.2 Å². The monoisotopic (exact) mass is 359 g/mol. The normalized spacial score (nSPS) is 18.9. The minimum absolute atomic E-state index is 0.211. The fourth-order valence-corrected chi connectivity index (χ4v) is 6.82. The number of hydrogen-bond donors (Lipinski definition) is 0. The van der Waals surface area contributed by atoms with Gasteiger partial charge in [0.15, 0.2) is 0 Å². The van der Waals surface area contributed by atoms with Crippen molar-refractivity contribution in [2.24, 2.45) is 0 Å². The molecule has 0 fully saturated rings. The third-order valence-corrected chi connectivity index (χ3v) is 8.15. The molecule has 135 valence electrons. The molecule has 26 heavy (non-hydrogen) atoms. The number of fused-ring (bicyclic) bond motifs is 2. The van der Waals surface area contributed by atoms with Crippen molar-refractivity contribution in [1.29, 1.82) is 0 Å². The zero-order valence-corrected chi connectivity index (χ0v) is 18.2. The Hall–Kier alpha value is -1.60. The first kappa shape index (κ1) is 17.8. The van der Waals surface area contributed by atoms with Gasteiger partial charge in [0.1, 0.15) is 0 Å². The Kier molecular flexibility index (Phi) is 4.26. The second-order valence-electron chi connectivity index (χ2n) is 9.47. The number of benzene rings is 2. The topological polar surface area (TPSA) is 0 Å². The molecule has 0 aromatic heterocycles. The molecule has 1 unspecified atom stereocenters. The average molecular weight is 360 g/mol. The molecule has 0 nitrogen and oxygen atoms in total. The van der Waals surface area contributed by atoms with Crippen LogP contribution in [0.3, 0.4) is 0 Å². The molecule has 0 saturated heterocycles. The molecule has 0 heterocycles. The molecular weight excluding hydrogens is 328 g/mol. The highest BCUT2D eigenvalue weighted by atomic mass is 28.3. The number of hydrogen-bond acceptors (Lipinski definition) is 0. The lowest BCUT2D eigenvalue weighted by atomic mass is 9.84. The maximum atomic E-state index is 2.57. The van der Waals surface area contributed by atoms with Gasteiger partial charge in [0.05, 0.1) is 8.80 Å². The van der Waals surface area contributed by atoms with E-state index in [1.54, 1.807) is 27.8 Å². The highest BCUT2D eigenvalue weighted by Gasteiger charge is 2.31. The Morgan fingerprint density at radius 3 is 2.31 bits per heavy atom. The van der Waals surface area contributed by atoms with Gasteiger partial charge >= 0.3 is 0 Å². The van der Waals surface area contributed by atoms with E-state index in [1.807, 2.05) is 0 Å². The van der Waals surface area contributed by atoms with E-state index in [1.165, 1.54) is 36.0 Å². The molecule has 2 aliphatic carbocycles. The van der Waals surface area contributed by atoms with E-state index in [9.17, 15) is 0 Å². The third-order valence-electron chi connectivity index (χ3n) is 6.23. The van der Waals surface area contributed by atoms with Crippen molar-refractivity contribution in [2.45, 2.75) is 71.0 Å². The van der Waals surface area contributed by atoms with Crippen LogP contribution in [-0.4, -0.2) is 8.80 Å². The lowest BCUT2D eigenvalue weighted by Gasteiger charge is -2.22. The van der Waals surface area contributed by atoms with E-state index in [0.29, 0.717) is 5.54 Å². The van der Waals surface area contributed by atoms with E-state index in [4.69, 9.17) is 0 Å². The Labute approximate surface area is 161 Å². The van der Waals surface area contributed by atoms with Gasteiger partial charge in [-0.3, -0.25) is 0 Å². The summed E-state index contributed by atoms with van der Waals surface area (Å²) in [6.07, 6.45) is 6.32. The first-order valence-electron chi connectivity index (χ1n) is 10.0. The van der Waals surface area contributed by atoms with Gasteiger partial charge in [-0.25, -0.2) is 0 Å². The predicted molar refractivity (Wildman–Crippen MR) is 116 cm³/mol. The standard InChI is InChI=1S/C25H31Si/c1-16-14-21-22(24(16)26(5)6)15-18-8-7-9-20(18)23(21)17-10-12-19(13-11-17)25(2,3)4/h10-15,24H,7-9H2,1-6H3. The highest BCUT2D eigenvalue weighted by Crippen LogP contribution is 2.47. The number of rotatable bonds is 2. The quantitative estimate of drug-likeness (QED) is 0.510. The second-order valence-corrected chi connectivity index (χ2v) is 12.2. The summed E-state index contributed by atoms with van der Waals surface area (Å²) in [5.74, 6) is 0. The van der Waals surface area contributed by atoms with Gasteiger partial charge in [-0.15, -0.1) is 0 Å². The van der Waals surface area contributed by atoms with Crippen LogP contribution in [0.4, 0.5) is 0 Å². The van der Waals surface area contributed by atoms with Gasteiger partial charge in [-0.2, -0.15) is 0 Å². The molecule has 0 saturated carbocycles. The first-order chi connectivity index (χ1) is 12.3. The summed E-state index contributed by atoms with van der Waals surface area (Å²) in [6, 6.07) is 12.0. The van der Waals surface area contributed by atoms with Crippen molar-refractivity contribution in [3.8, 4) is 11.1 Å². The molecule has 2 aromatic rings. The summed E-state index contributed by atoms with van der Waals surface area (Å²) in [5, 5.41) is 0.